The molecule has 3 aromatic rings. The van der Waals surface area contributed by atoms with Crippen molar-refractivity contribution in [2.24, 2.45) is 0 Å². The maximum absolute atomic E-state index is 13.1. The Labute approximate surface area is 179 Å². The predicted molar refractivity (Wildman–Crippen MR) is 111 cm³/mol. The fraction of sp³-hybridized carbons (Fsp3) is 0.304. The number of amides is 1. The largest absolute Gasteiger partial charge is 0.482 e. The molecular weight excluding hydrogens is 407 g/mol. The molecule has 1 atom stereocenters. The van der Waals surface area contributed by atoms with Crippen LogP contribution in [0.25, 0.3) is 0 Å². The van der Waals surface area contributed by atoms with Gasteiger partial charge in [0.25, 0.3) is 5.91 Å². The first-order valence-electron chi connectivity index (χ1n) is 9.92. The maximum Gasteiger partial charge on any atom is 0.260 e. The molecule has 1 saturated heterocycles. The number of benzene rings is 2. The van der Waals surface area contributed by atoms with Crippen LogP contribution in [0.2, 0.25) is 5.02 Å². The van der Waals surface area contributed by atoms with Crippen molar-refractivity contribution in [3.8, 4) is 5.75 Å². The van der Waals surface area contributed by atoms with Crippen molar-refractivity contribution in [1.82, 2.24) is 9.88 Å². The Morgan fingerprint density at radius 1 is 1.23 bits per heavy atom. The van der Waals surface area contributed by atoms with E-state index in [-0.39, 0.29) is 24.2 Å². The smallest absolute Gasteiger partial charge is 0.260 e. The number of piperidine rings is 1. The molecule has 1 unspecified atom stereocenters. The molecule has 1 aromatic heterocycles. The molecule has 0 aliphatic carbocycles. The second-order valence-corrected chi connectivity index (χ2v) is 7.77. The molecule has 0 spiro atoms. The summed E-state index contributed by atoms with van der Waals surface area (Å²) < 4.78 is 24.6. The van der Waals surface area contributed by atoms with Crippen LogP contribution in [-0.2, 0) is 11.2 Å². The van der Waals surface area contributed by atoms with Gasteiger partial charge in [-0.25, -0.2) is 9.37 Å². The highest BCUT2D eigenvalue weighted by atomic mass is 35.5. The summed E-state index contributed by atoms with van der Waals surface area (Å²) in [6.45, 7) is 1.17. The summed E-state index contributed by atoms with van der Waals surface area (Å²) >= 11 is 6.08. The lowest BCUT2D eigenvalue weighted by Crippen LogP contribution is -2.41. The van der Waals surface area contributed by atoms with Crippen molar-refractivity contribution in [2.75, 3.05) is 19.7 Å². The van der Waals surface area contributed by atoms with Crippen LogP contribution in [0.5, 0.6) is 5.75 Å². The van der Waals surface area contributed by atoms with Gasteiger partial charge in [0.2, 0.25) is 0 Å². The van der Waals surface area contributed by atoms with E-state index in [0.29, 0.717) is 36.2 Å². The molecule has 0 radical (unpaired) electrons. The lowest BCUT2D eigenvalue weighted by Gasteiger charge is -2.31. The Morgan fingerprint density at radius 3 is 2.83 bits per heavy atom. The molecule has 30 heavy (non-hydrogen) atoms. The molecule has 1 aliphatic heterocycles. The summed E-state index contributed by atoms with van der Waals surface area (Å²) in [6.07, 6.45) is 4.04. The summed E-state index contributed by atoms with van der Waals surface area (Å²) in [7, 11) is 0. The molecule has 1 aliphatic rings. The normalized spacial score (nSPS) is 16.5. The van der Waals surface area contributed by atoms with Crippen molar-refractivity contribution < 1.29 is 18.3 Å². The summed E-state index contributed by atoms with van der Waals surface area (Å²) in [4.78, 5) is 18.8. The highest BCUT2D eigenvalue weighted by Gasteiger charge is 2.28. The number of hydrogen-bond acceptors (Lipinski definition) is 4. The lowest BCUT2D eigenvalue weighted by atomic mass is 9.98. The predicted octanol–water partition coefficient (Wildman–Crippen LogP) is 4.84. The van der Waals surface area contributed by atoms with Crippen LogP contribution in [0, 0.1) is 5.82 Å². The third kappa shape index (κ3) is 5.00. The third-order valence-electron chi connectivity index (χ3n) is 5.17. The highest BCUT2D eigenvalue weighted by Crippen LogP contribution is 2.28. The van der Waals surface area contributed by atoms with Gasteiger partial charge in [0, 0.05) is 19.5 Å². The Kier molecular flexibility index (Phi) is 6.33. The number of nitrogens with zero attached hydrogens (tertiary/aromatic N) is 2. The van der Waals surface area contributed by atoms with Crippen molar-refractivity contribution >= 4 is 17.5 Å². The lowest BCUT2D eigenvalue weighted by molar-refractivity contribution is -0.134. The quantitative estimate of drug-likeness (QED) is 0.563. The van der Waals surface area contributed by atoms with E-state index in [9.17, 15) is 9.18 Å². The molecule has 2 aromatic carbocycles. The van der Waals surface area contributed by atoms with E-state index >= 15 is 0 Å². The van der Waals surface area contributed by atoms with Crippen LogP contribution in [0.1, 0.15) is 36.0 Å². The number of para-hydroxylation sites is 1. The highest BCUT2D eigenvalue weighted by molar-refractivity contribution is 6.32. The van der Waals surface area contributed by atoms with Gasteiger partial charge < -0.3 is 14.1 Å². The zero-order chi connectivity index (χ0) is 20.9. The van der Waals surface area contributed by atoms with E-state index in [1.54, 1.807) is 35.4 Å². The van der Waals surface area contributed by atoms with Crippen molar-refractivity contribution in [1.29, 1.82) is 0 Å². The van der Waals surface area contributed by atoms with Crippen LogP contribution in [0.4, 0.5) is 4.39 Å². The minimum Gasteiger partial charge on any atom is -0.482 e. The number of likely N-dealkylation sites (tertiary alicyclic amines) is 1. The number of halogens is 2. The SMILES string of the molecule is O=C(COc1ccccc1Cl)N1CCCC(c2ncc(Cc3ccc(F)cc3)o2)C1. The summed E-state index contributed by atoms with van der Waals surface area (Å²) in [5.41, 5.74) is 0.955. The number of rotatable bonds is 6. The molecular formula is C23H22ClFN2O3. The molecule has 0 bridgehead atoms. The van der Waals surface area contributed by atoms with E-state index in [0.717, 1.165) is 24.2 Å². The molecule has 5 nitrogen and oxygen atoms in total. The Balaban J connectivity index is 1.34. The molecule has 0 saturated carbocycles. The van der Waals surface area contributed by atoms with Crippen molar-refractivity contribution in [3.05, 3.63) is 82.8 Å². The van der Waals surface area contributed by atoms with E-state index in [1.165, 1.54) is 12.1 Å². The zero-order valence-corrected chi connectivity index (χ0v) is 17.1. The van der Waals surface area contributed by atoms with Gasteiger partial charge in [-0.15, -0.1) is 0 Å². The first-order chi connectivity index (χ1) is 14.6. The fourth-order valence-corrected chi connectivity index (χ4v) is 3.78. The van der Waals surface area contributed by atoms with Crippen LogP contribution < -0.4 is 4.74 Å². The Morgan fingerprint density at radius 2 is 2.03 bits per heavy atom. The van der Waals surface area contributed by atoms with Crippen LogP contribution in [0.15, 0.2) is 59.1 Å². The van der Waals surface area contributed by atoms with Gasteiger partial charge in [0.05, 0.1) is 17.1 Å². The van der Waals surface area contributed by atoms with Gasteiger partial charge in [0.1, 0.15) is 17.3 Å². The van der Waals surface area contributed by atoms with Crippen LogP contribution in [0.3, 0.4) is 0 Å². The standard InChI is InChI=1S/C23H22ClFN2O3/c24-20-5-1-2-6-21(20)29-15-22(28)27-11-3-4-17(14-27)23-26-13-19(30-23)12-16-7-9-18(25)10-8-16/h1-2,5-10,13,17H,3-4,11-12,14-15H2. The zero-order valence-electron chi connectivity index (χ0n) is 16.4. The average Bonchev–Trinajstić information content (AvgIpc) is 3.23. The Bertz CT molecular complexity index is 1010. The molecule has 2 heterocycles. The molecule has 1 fully saturated rings. The molecule has 156 valence electrons. The summed E-state index contributed by atoms with van der Waals surface area (Å²) in [5, 5.41) is 0.482. The van der Waals surface area contributed by atoms with Crippen LogP contribution >= 0.6 is 11.6 Å². The van der Waals surface area contributed by atoms with E-state index in [1.807, 2.05) is 12.1 Å². The second kappa shape index (κ2) is 9.30. The second-order valence-electron chi connectivity index (χ2n) is 7.37. The van der Waals surface area contributed by atoms with Gasteiger partial charge in [-0.2, -0.15) is 0 Å². The minimum atomic E-state index is -0.262. The number of oxazole rings is 1. The van der Waals surface area contributed by atoms with Gasteiger partial charge in [-0.3, -0.25) is 4.79 Å². The molecule has 1 amide bonds. The maximum atomic E-state index is 13.1. The molecule has 4 rings (SSSR count). The minimum absolute atomic E-state index is 0.0463. The first-order valence-corrected chi connectivity index (χ1v) is 10.3. The summed E-state index contributed by atoms with van der Waals surface area (Å²) in [6, 6.07) is 13.4. The number of aromatic nitrogens is 1. The van der Waals surface area contributed by atoms with Crippen LogP contribution in [-0.4, -0.2) is 35.5 Å². The third-order valence-corrected chi connectivity index (χ3v) is 5.49. The van der Waals surface area contributed by atoms with Gasteiger partial charge in [-0.1, -0.05) is 35.9 Å². The molecule has 7 heteroatoms. The number of hydrogen-bond donors (Lipinski definition) is 0. The van der Waals surface area contributed by atoms with Crippen molar-refractivity contribution in [3.63, 3.8) is 0 Å². The summed E-state index contributed by atoms with van der Waals surface area (Å²) in [5.74, 6) is 1.56. The number of carbonyl (C=O) groups is 1. The first kappa shape index (κ1) is 20.4. The number of ether oxygens (including phenoxy) is 1. The van der Waals surface area contributed by atoms with E-state index in [2.05, 4.69) is 4.98 Å². The Hall–Kier alpha value is -2.86. The monoisotopic (exact) mass is 428 g/mol. The van der Waals surface area contributed by atoms with E-state index < -0.39 is 0 Å². The van der Waals surface area contributed by atoms with Gasteiger partial charge in [0.15, 0.2) is 12.5 Å². The van der Waals surface area contributed by atoms with Gasteiger partial charge >= 0.3 is 0 Å². The topological polar surface area (TPSA) is 55.6 Å². The fourth-order valence-electron chi connectivity index (χ4n) is 3.59. The van der Waals surface area contributed by atoms with Gasteiger partial charge in [-0.05, 0) is 42.7 Å². The molecule has 0 N–H and O–H groups in total. The van der Waals surface area contributed by atoms with Crippen molar-refractivity contribution in [2.45, 2.75) is 25.2 Å². The average molecular weight is 429 g/mol. The number of carbonyl (C=O) groups excluding carboxylic acids is 1. The van der Waals surface area contributed by atoms with E-state index in [4.69, 9.17) is 20.8 Å².